The lowest BCUT2D eigenvalue weighted by Crippen LogP contribution is -2.03. The predicted octanol–water partition coefficient (Wildman–Crippen LogP) is 2.32. The Hall–Kier alpha value is -1.81. The highest BCUT2D eigenvalue weighted by Gasteiger charge is 1.97. The molecule has 0 radical (unpaired) electrons. The van der Waals surface area contributed by atoms with Crippen molar-refractivity contribution in [3.63, 3.8) is 0 Å². The second kappa shape index (κ2) is 4.81. The number of hydrogen-bond donors (Lipinski definition) is 2. The molecule has 1 heterocycles. The normalized spacial score (nSPS) is 10.1. The molecular formula is C11H11ClN4. The van der Waals surface area contributed by atoms with Crippen LogP contribution in [0.25, 0.3) is 0 Å². The molecule has 82 valence electrons. The maximum absolute atomic E-state index is 5.88. The second-order valence-electron chi connectivity index (χ2n) is 3.31. The topological polar surface area (TPSA) is 63.8 Å². The number of nitrogen functional groups attached to an aromatic ring is 1. The zero-order valence-electron chi connectivity index (χ0n) is 8.52. The fourth-order valence-corrected chi connectivity index (χ4v) is 1.52. The van der Waals surface area contributed by atoms with Crippen LogP contribution in [0, 0.1) is 0 Å². The van der Waals surface area contributed by atoms with Crippen molar-refractivity contribution in [3.05, 3.63) is 47.2 Å². The molecule has 0 saturated heterocycles. The lowest BCUT2D eigenvalue weighted by atomic mass is 10.2. The highest BCUT2D eigenvalue weighted by molar-refractivity contribution is 6.30. The molecule has 0 fully saturated rings. The van der Waals surface area contributed by atoms with Gasteiger partial charge in [-0.15, -0.1) is 0 Å². The highest BCUT2D eigenvalue weighted by Crippen LogP contribution is 2.12. The number of benzene rings is 1. The van der Waals surface area contributed by atoms with Gasteiger partial charge < -0.3 is 11.1 Å². The summed E-state index contributed by atoms with van der Waals surface area (Å²) >= 11 is 5.88. The number of nitrogens with zero attached hydrogens (tertiary/aromatic N) is 2. The molecule has 4 nitrogen and oxygen atoms in total. The molecule has 1 aromatic carbocycles. The van der Waals surface area contributed by atoms with Gasteiger partial charge in [-0.25, -0.2) is 4.98 Å². The summed E-state index contributed by atoms with van der Waals surface area (Å²) in [7, 11) is 0. The first kappa shape index (κ1) is 10.7. The number of nitrogens with one attached hydrogen (secondary N) is 1. The van der Waals surface area contributed by atoms with Crippen molar-refractivity contribution in [1.29, 1.82) is 0 Å². The van der Waals surface area contributed by atoms with E-state index in [2.05, 4.69) is 15.3 Å². The Bertz CT molecular complexity index is 441. The van der Waals surface area contributed by atoms with Crippen LogP contribution in [-0.2, 0) is 6.54 Å². The molecule has 1 aromatic heterocycles. The molecule has 0 amide bonds. The van der Waals surface area contributed by atoms with Crippen molar-refractivity contribution < 1.29 is 0 Å². The Morgan fingerprint density at radius 1 is 1.31 bits per heavy atom. The van der Waals surface area contributed by atoms with E-state index in [-0.39, 0.29) is 0 Å². The quantitative estimate of drug-likeness (QED) is 0.856. The van der Waals surface area contributed by atoms with Crippen LogP contribution in [-0.4, -0.2) is 9.97 Å². The molecular weight excluding hydrogens is 224 g/mol. The smallest absolute Gasteiger partial charge is 0.147 e. The van der Waals surface area contributed by atoms with E-state index in [1.807, 2.05) is 24.3 Å². The standard InChI is InChI=1S/C11H11ClN4/c12-9-3-1-2-8(4-9)5-15-11-7-14-6-10(13)16-11/h1-4,6-7H,5H2,(H3,13,15,16). The number of nitrogens with two attached hydrogens (primary N) is 1. The van der Waals surface area contributed by atoms with Crippen LogP contribution in [0.2, 0.25) is 5.02 Å². The lowest BCUT2D eigenvalue weighted by molar-refractivity contribution is 1.09. The first-order valence-electron chi connectivity index (χ1n) is 4.80. The van der Waals surface area contributed by atoms with Crippen LogP contribution in [0.3, 0.4) is 0 Å². The van der Waals surface area contributed by atoms with Crippen LogP contribution >= 0.6 is 11.6 Å². The minimum absolute atomic E-state index is 0.399. The van der Waals surface area contributed by atoms with Crippen molar-refractivity contribution in [2.75, 3.05) is 11.1 Å². The Balaban J connectivity index is 2.02. The molecule has 5 heteroatoms. The van der Waals surface area contributed by atoms with Gasteiger partial charge in [0.15, 0.2) is 0 Å². The summed E-state index contributed by atoms with van der Waals surface area (Å²) in [6.45, 7) is 0.638. The van der Waals surface area contributed by atoms with E-state index < -0.39 is 0 Å². The van der Waals surface area contributed by atoms with Crippen molar-refractivity contribution in [2.24, 2.45) is 0 Å². The molecule has 16 heavy (non-hydrogen) atoms. The molecule has 0 saturated carbocycles. The third kappa shape index (κ3) is 2.84. The van der Waals surface area contributed by atoms with Crippen LogP contribution in [0.1, 0.15) is 5.56 Å². The number of hydrogen-bond acceptors (Lipinski definition) is 4. The van der Waals surface area contributed by atoms with E-state index >= 15 is 0 Å². The van der Waals surface area contributed by atoms with E-state index in [4.69, 9.17) is 17.3 Å². The van der Waals surface area contributed by atoms with Gasteiger partial charge in [0, 0.05) is 11.6 Å². The van der Waals surface area contributed by atoms with Crippen LogP contribution in [0.4, 0.5) is 11.6 Å². The van der Waals surface area contributed by atoms with Gasteiger partial charge in [0.05, 0.1) is 12.4 Å². The van der Waals surface area contributed by atoms with Crippen molar-refractivity contribution in [1.82, 2.24) is 9.97 Å². The second-order valence-corrected chi connectivity index (χ2v) is 3.75. The summed E-state index contributed by atoms with van der Waals surface area (Å²) in [6, 6.07) is 7.63. The fourth-order valence-electron chi connectivity index (χ4n) is 1.31. The van der Waals surface area contributed by atoms with Gasteiger partial charge in [-0.3, -0.25) is 4.98 Å². The Labute approximate surface area is 98.5 Å². The number of rotatable bonds is 3. The van der Waals surface area contributed by atoms with E-state index in [1.54, 1.807) is 6.20 Å². The van der Waals surface area contributed by atoms with Gasteiger partial charge in [-0.2, -0.15) is 0 Å². The van der Waals surface area contributed by atoms with Crippen molar-refractivity contribution in [3.8, 4) is 0 Å². The van der Waals surface area contributed by atoms with Crippen molar-refractivity contribution in [2.45, 2.75) is 6.54 Å². The van der Waals surface area contributed by atoms with Gasteiger partial charge in [-0.05, 0) is 17.7 Å². The van der Waals surface area contributed by atoms with Crippen molar-refractivity contribution >= 4 is 23.2 Å². The molecule has 2 rings (SSSR count). The average molecular weight is 235 g/mol. The summed E-state index contributed by atoms with van der Waals surface area (Å²) in [5, 5.41) is 3.84. The first-order valence-corrected chi connectivity index (χ1v) is 5.18. The third-order valence-electron chi connectivity index (χ3n) is 2.02. The summed E-state index contributed by atoms with van der Waals surface area (Å²) in [6.07, 6.45) is 3.13. The fraction of sp³-hybridized carbons (Fsp3) is 0.0909. The Morgan fingerprint density at radius 2 is 2.19 bits per heavy atom. The van der Waals surface area contributed by atoms with E-state index in [9.17, 15) is 0 Å². The highest BCUT2D eigenvalue weighted by atomic mass is 35.5. The SMILES string of the molecule is Nc1cncc(NCc2cccc(Cl)c2)n1. The molecule has 0 aliphatic heterocycles. The number of aromatic nitrogens is 2. The molecule has 0 aliphatic rings. The molecule has 0 spiro atoms. The minimum atomic E-state index is 0.399. The molecule has 3 N–H and O–H groups in total. The zero-order valence-corrected chi connectivity index (χ0v) is 9.28. The van der Waals surface area contributed by atoms with Gasteiger partial charge in [0.1, 0.15) is 11.6 Å². The van der Waals surface area contributed by atoms with Gasteiger partial charge in [0.25, 0.3) is 0 Å². The summed E-state index contributed by atoms with van der Waals surface area (Å²) in [5.41, 5.74) is 6.60. The van der Waals surface area contributed by atoms with Gasteiger partial charge in [-0.1, -0.05) is 23.7 Å². The predicted molar refractivity (Wildman–Crippen MR) is 65.2 cm³/mol. The zero-order chi connectivity index (χ0) is 11.4. The third-order valence-corrected chi connectivity index (χ3v) is 2.25. The number of halogens is 1. The molecule has 0 bridgehead atoms. The molecule has 0 atom stereocenters. The number of anilines is 2. The summed E-state index contributed by atoms with van der Waals surface area (Å²) in [4.78, 5) is 8.02. The first-order chi connectivity index (χ1) is 7.74. The Kier molecular flexibility index (Phi) is 3.22. The van der Waals surface area contributed by atoms with Crippen LogP contribution in [0.15, 0.2) is 36.7 Å². The molecule has 2 aromatic rings. The summed E-state index contributed by atoms with van der Waals surface area (Å²) in [5.74, 6) is 1.05. The van der Waals surface area contributed by atoms with Crippen LogP contribution < -0.4 is 11.1 Å². The van der Waals surface area contributed by atoms with Gasteiger partial charge >= 0.3 is 0 Å². The van der Waals surface area contributed by atoms with Gasteiger partial charge in [0.2, 0.25) is 0 Å². The molecule has 0 aliphatic carbocycles. The van der Waals surface area contributed by atoms with E-state index in [0.717, 1.165) is 10.6 Å². The lowest BCUT2D eigenvalue weighted by Gasteiger charge is -2.05. The maximum Gasteiger partial charge on any atom is 0.147 e. The monoisotopic (exact) mass is 234 g/mol. The largest absolute Gasteiger partial charge is 0.382 e. The summed E-state index contributed by atoms with van der Waals surface area (Å²) < 4.78 is 0. The Morgan fingerprint density at radius 3 is 2.94 bits per heavy atom. The van der Waals surface area contributed by atoms with E-state index in [1.165, 1.54) is 6.20 Å². The van der Waals surface area contributed by atoms with E-state index in [0.29, 0.717) is 18.2 Å². The molecule has 0 unspecified atom stereocenters. The van der Waals surface area contributed by atoms with Crippen LogP contribution in [0.5, 0.6) is 0 Å². The maximum atomic E-state index is 5.88. The average Bonchev–Trinajstić information content (AvgIpc) is 2.27. The minimum Gasteiger partial charge on any atom is -0.382 e.